The van der Waals surface area contributed by atoms with Crippen LogP contribution in [0.3, 0.4) is 0 Å². The molecule has 0 aliphatic carbocycles. The smallest absolute Gasteiger partial charge is 0.282 e. The van der Waals surface area contributed by atoms with Crippen LogP contribution in [-0.2, 0) is 14.3 Å². The number of rotatable bonds is 3. The summed E-state index contributed by atoms with van der Waals surface area (Å²) >= 11 is 0. The molecular formula is C25H25N3O3. The first-order chi connectivity index (χ1) is 14.8. The van der Waals surface area contributed by atoms with Crippen LogP contribution in [-0.4, -0.2) is 42.0 Å². The van der Waals surface area contributed by atoms with Gasteiger partial charge in [0.2, 0.25) is 0 Å². The summed E-state index contributed by atoms with van der Waals surface area (Å²) in [6.07, 6.45) is -0.105. The summed E-state index contributed by atoms with van der Waals surface area (Å²) in [6, 6.07) is 14.5. The standard InChI is InChI=1S/C25H25N3O3/c1-15-5-10-21(16(2)11-15)22-23(27-13-17(3)31-18(4)14-27)25(30)28(24(22)29)20-8-6-19(12-26)7-9-20/h5-11,17-18H,13-14H2,1-4H3. The van der Waals surface area contributed by atoms with Gasteiger partial charge in [-0.1, -0.05) is 23.8 Å². The van der Waals surface area contributed by atoms with E-state index < -0.39 is 0 Å². The molecule has 0 bridgehead atoms. The number of aryl methyl sites for hydroxylation is 2. The van der Waals surface area contributed by atoms with Crippen LogP contribution >= 0.6 is 0 Å². The lowest BCUT2D eigenvalue weighted by atomic mass is 9.97. The number of hydrogen-bond acceptors (Lipinski definition) is 5. The van der Waals surface area contributed by atoms with Gasteiger partial charge >= 0.3 is 0 Å². The molecule has 31 heavy (non-hydrogen) atoms. The number of carbonyl (C=O) groups excluding carboxylic acids is 2. The number of ether oxygens (including phenoxy) is 1. The third kappa shape index (κ3) is 3.73. The Kier molecular flexibility index (Phi) is 5.38. The molecule has 158 valence electrons. The maximum atomic E-state index is 13.6. The molecule has 2 heterocycles. The zero-order valence-corrected chi connectivity index (χ0v) is 18.2. The van der Waals surface area contributed by atoms with Crippen molar-refractivity contribution in [3.63, 3.8) is 0 Å². The zero-order valence-electron chi connectivity index (χ0n) is 18.2. The molecule has 0 aromatic heterocycles. The monoisotopic (exact) mass is 415 g/mol. The second-order valence-electron chi connectivity index (χ2n) is 8.31. The van der Waals surface area contributed by atoms with Crippen molar-refractivity contribution in [2.75, 3.05) is 18.0 Å². The number of carbonyl (C=O) groups is 2. The van der Waals surface area contributed by atoms with Crippen LogP contribution in [0.4, 0.5) is 5.69 Å². The van der Waals surface area contributed by atoms with Crippen molar-refractivity contribution < 1.29 is 14.3 Å². The van der Waals surface area contributed by atoms with Crippen LogP contribution in [0, 0.1) is 25.2 Å². The van der Waals surface area contributed by atoms with E-state index in [1.807, 2.05) is 50.8 Å². The molecule has 0 N–H and O–H groups in total. The van der Waals surface area contributed by atoms with E-state index in [1.165, 1.54) is 4.90 Å². The van der Waals surface area contributed by atoms with E-state index in [4.69, 9.17) is 10.00 Å². The minimum absolute atomic E-state index is 0.0523. The van der Waals surface area contributed by atoms with E-state index in [9.17, 15) is 9.59 Å². The molecule has 0 radical (unpaired) electrons. The summed E-state index contributed by atoms with van der Waals surface area (Å²) in [5.41, 5.74) is 4.59. The van der Waals surface area contributed by atoms with Crippen LogP contribution in [0.2, 0.25) is 0 Å². The Morgan fingerprint density at radius 3 is 2.19 bits per heavy atom. The molecule has 1 saturated heterocycles. The Morgan fingerprint density at radius 2 is 1.61 bits per heavy atom. The van der Waals surface area contributed by atoms with Crippen molar-refractivity contribution in [3.8, 4) is 6.07 Å². The Labute approximate surface area is 182 Å². The predicted molar refractivity (Wildman–Crippen MR) is 118 cm³/mol. The summed E-state index contributed by atoms with van der Waals surface area (Å²) in [7, 11) is 0. The van der Waals surface area contributed by atoms with Crippen molar-refractivity contribution in [1.29, 1.82) is 5.26 Å². The first kappa shape index (κ1) is 20.8. The van der Waals surface area contributed by atoms with Gasteiger partial charge in [-0.25, -0.2) is 4.90 Å². The van der Waals surface area contributed by atoms with Gasteiger partial charge in [0, 0.05) is 13.1 Å². The van der Waals surface area contributed by atoms with Gasteiger partial charge in [-0.05, 0) is 63.1 Å². The highest BCUT2D eigenvalue weighted by molar-refractivity contribution is 6.45. The number of hydrogen-bond donors (Lipinski definition) is 0. The molecular weight excluding hydrogens is 390 g/mol. The highest BCUT2D eigenvalue weighted by Crippen LogP contribution is 2.37. The number of anilines is 1. The molecule has 2 aromatic rings. The second kappa shape index (κ2) is 8.01. The van der Waals surface area contributed by atoms with Crippen LogP contribution in [0.15, 0.2) is 48.2 Å². The lowest BCUT2D eigenvalue weighted by molar-refractivity contribution is -0.121. The summed E-state index contributed by atoms with van der Waals surface area (Å²) in [5, 5.41) is 9.08. The van der Waals surface area contributed by atoms with Gasteiger partial charge in [0.05, 0.1) is 35.1 Å². The third-order valence-corrected chi connectivity index (χ3v) is 5.70. The molecule has 0 saturated carbocycles. The Balaban J connectivity index is 1.85. The highest BCUT2D eigenvalue weighted by Gasteiger charge is 2.44. The van der Waals surface area contributed by atoms with Crippen molar-refractivity contribution >= 4 is 23.1 Å². The van der Waals surface area contributed by atoms with Crippen LogP contribution in [0.5, 0.6) is 0 Å². The predicted octanol–water partition coefficient (Wildman–Crippen LogP) is 3.57. The lowest BCUT2D eigenvalue weighted by Gasteiger charge is -2.37. The van der Waals surface area contributed by atoms with E-state index in [-0.39, 0.29) is 24.0 Å². The molecule has 2 aliphatic heterocycles. The Morgan fingerprint density at radius 1 is 0.968 bits per heavy atom. The van der Waals surface area contributed by atoms with Crippen LogP contribution in [0.1, 0.15) is 36.1 Å². The first-order valence-electron chi connectivity index (χ1n) is 10.4. The van der Waals surface area contributed by atoms with Crippen LogP contribution in [0.25, 0.3) is 5.57 Å². The number of nitriles is 1. The molecule has 6 nitrogen and oxygen atoms in total. The maximum absolute atomic E-state index is 13.6. The van der Waals surface area contributed by atoms with E-state index in [1.54, 1.807) is 24.3 Å². The maximum Gasteiger partial charge on any atom is 0.282 e. The van der Waals surface area contributed by atoms with Gasteiger partial charge in [0.15, 0.2) is 0 Å². The van der Waals surface area contributed by atoms with Gasteiger partial charge in [0.25, 0.3) is 11.8 Å². The van der Waals surface area contributed by atoms with E-state index in [0.29, 0.717) is 35.6 Å². The van der Waals surface area contributed by atoms with Crippen molar-refractivity contribution in [1.82, 2.24) is 4.90 Å². The third-order valence-electron chi connectivity index (χ3n) is 5.70. The Bertz CT molecular complexity index is 1120. The molecule has 2 atom stereocenters. The quantitative estimate of drug-likeness (QED) is 0.717. The number of morpholine rings is 1. The largest absolute Gasteiger partial charge is 0.372 e. The molecule has 2 aliphatic rings. The molecule has 4 rings (SSSR count). The number of nitrogens with zero attached hydrogens (tertiary/aromatic N) is 3. The summed E-state index contributed by atoms with van der Waals surface area (Å²) in [6.45, 7) is 8.98. The van der Waals surface area contributed by atoms with Crippen LogP contribution < -0.4 is 4.90 Å². The second-order valence-corrected chi connectivity index (χ2v) is 8.31. The van der Waals surface area contributed by atoms with Gasteiger partial charge < -0.3 is 9.64 Å². The summed E-state index contributed by atoms with van der Waals surface area (Å²) < 4.78 is 5.85. The van der Waals surface area contributed by atoms with Gasteiger partial charge in [-0.2, -0.15) is 5.26 Å². The molecule has 0 spiro atoms. The molecule has 2 aromatic carbocycles. The minimum atomic E-state index is -0.344. The fraction of sp³-hybridized carbons (Fsp3) is 0.320. The van der Waals surface area contributed by atoms with E-state index in [0.717, 1.165) is 16.7 Å². The average Bonchev–Trinajstić information content (AvgIpc) is 2.97. The number of amides is 2. The summed E-state index contributed by atoms with van der Waals surface area (Å²) in [4.78, 5) is 30.5. The van der Waals surface area contributed by atoms with Gasteiger partial charge in [0.1, 0.15) is 5.70 Å². The molecule has 2 amide bonds. The minimum Gasteiger partial charge on any atom is -0.372 e. The Hall–Kier alpha value is -3.43. The van der Waals surface area contributed by atoms with E-state index in [2.05, 4.69) is 6.07 Å². The van der Waals surface area contributed by atoms with Crippen molar-refractivity contribution in [3.05, 3.63) is 70.4 Å². The van der Waals surface area contributed by atoms with Crippen molar-refractivity contribution in [2.24, 2.45) is 0 Å². The van der Waals surface area contributed by atoms with Crippen molar-refractivity contribution in [2.45, 2.75) is 39.9 Å². The number of benzene rings is 2. The normalized spacial score (nSPS) is 21.6. The van der Waals surface area contributed by atoms with E-state index >= 15 is 0 Å². The fourth-order valence-electron chi connectivity index (χ4n) is 4.43. The molecule has 6 heteroatoms. The molecule has 1 fully saturated rings. The summed E-state index contributed by atoms with van der Waals surface area (Å²) in [5.74, 6) is -0.686. The highest BCUT2D eigenvalue weighted by atomic mass is 16.5. The topological polar surface area (TPSA) is 73.6 Å². The zero-order chi connectivity index (χ0) is 22.3. The van der Waals surface area contributed by atoms with Gasteiger partial charge in [-0.15, -0.1) is 0 Å². The average molecular weight is 415 g/mol. The molecule has 2 unspecified atom stereocenters. The SMILES string of the molecule is Cc1ccc(C2=C(N3CC(C)OC(C)C3)C(=O)N(c3ccc(C#N)cc3)C2=O)c(C)c1. The lowest BCUT2D eigenvalue weighted by Crippen LogP contribution is -2.47. The number of imide groups is 1. The fourth-order valence-corrected chi connectivity index (χ4v) is 4.43. The van der Waals surface area contributed by atoms with Gasteiger partial charge in [-0.3, -0.25) is 9.59 Å². The first-order valence-corrected chi connectivity index (χ1v) is 10.4.